The van der Waals surface area contributed by atoms with E-state index in [1.165, 1.54) is 0 Å². The number of H-pyrrole nitrogens is 1. The molecule has 1 aromatic rings. The molecule has 64 valence electrons. The molecule has 4 N–H and O–H groups in total. The highest BCUT2D eigenvalue weighted by Crippen LogP contribution is 2.03. The van der Waals surface area contributed by atoms with Gasteiger partial charge >= 0.3 is 0 Å². The third kappa shape index (κ3) is 2.45. The van der Waals surface area contributed by atoms with Gasteiger partial charge in [0, 0.05) is 0 Å². The Morgan fingerprint density at radius 1 is 1.73 bits per heavy atom. The van der Waals surface area contributed by atoms with Crippen LogP contribution in [0.15, 0.2) is 0 Å². The first-order valence-corrected chi connectivity index (χ1v) is 3.03. The molecular formula is C5H11ClN4O. The molecule has 0 fully saturated rings. The number of aliphatic hydroxyl groups is 1. The Labute approximate surface area is 70.4 Å². The molecule has 1 rings (SSSR count). The highest BCUT2D eigenvalue weighted by molar-refractivity contribution is 5.85. The summed E-state index contributed by atoms with van der Waals surface area (Å²) in [5, 5.41) is 15.3. The van der Waals surface area contributed by atoms with E-state index in [9.17, 15) is 0 Å². The Hall–Kier alpha value is -0.650. The van der Waals surface area contributed by atoms with Crippen molar-refractivity contribution >= 4 is 12.4 Å². The van der Waals surface area contributed by atoms with Crippen molar-refractivity contribution in [1.82, 2.24) is 15.2 Å². The summed E-state index contributed by atoms with van der Waals surface area (Å²) in [7, 11) is 0. The van der Waals surface area contributed by atoms with Gasteiger partial charge < -0.3 is 10.8 Å². The van der Waals surface area contributed by atoms with Gasteiger partial charge in [0.2, 0.25) is 0 Å². The van der Waals surface area contributed by atoms with Gasteiger partial charge in [-0.15, -0.1) is 12.4 Å². The molecule has 0 bridgehead atoms. The number of nitrogens with one attached hydrogen (secondary N) is 1. The second-order valence-electron chi connectivity index (χ2n) is 2.02. The fourth-order valence-electron chi connectivity index (χ4n) is 0.588. The first-order valence-electron chi connectivity index (χ1n) is 3.03. The molecule has 0 saturated carbocycles. The molecule has 1 aromatic heterocycles. The second kappa shape index (κ2) is 4.27. The lowest BCUT2D eigenvalue weighted by molar-refractivity contribution is 0.189. The molecule has 0 aliphatic carbocycles. The summed E-state index contributed by atoms with van der Waals surface area (Å²) in [5.74, 6) is 0.983. The highest BCUT2D eigenvalue weighted by Gasteiger charge is 2.05. The molecule has 5 nitrogen and oxygen atoms in total. The zero-order chi connectivity index (χ0) is 7.56. The summed E-state index contributed by atoms with van der Waals surface area (Å²) < 4.78 is 0. The number of rotatable bonds is 2. The molecule has 0 spiro atoms. The lowest BCUT2D eigenvalue weighted by Gasteiger charge is -1.92. The Morgan fingerprint density at radius 3 is 2.64 bits per heavy atom. The van der Waals surface area contributed by atoms with E-state index in [1.807, 2.05) is 0 Å². The van der Waals surface area contributed by atoms with Crippen LogP contribution in [-0.4, -0.2) is 20.3 Å². The van der Waals surface area contributed by atoms with Crippen LogP contribution >= 0.6 is 12.4 Å². The number of hydrogen-bond donors (Lipinski definition) is 3. The van der Waals surface area contributed by atoms with Gasteiger partial charge in [-0.3, -0.25) is 5.10 Å². The standard InChI is InChI=1S/C5H10N4O.ClH/c1-3(10)5-7-4(2-6)8-9-5;/h3,10H,2,6H2,1H3,(H,7,8,9);1H/t3-;/m1./s1. The third-order valence-electron chi connectivity index (χ3n) is 1.12. The predicted molar refractivity (Wildman–Crippen MR) is 42.2 cm³/mol. The van der Waals surface area contributed by atoms with Crippen molar-refractivity contribution in [2.45, 2.75) is 19.6 Å². The van der Waals surface area contributed by atoms with Gasteiger partial charge in [-0.05, 0) is 6.92 Å². The maximum Gasteiger partial charge on any atom is 0.178 e. The van der Waals surface area contributed by atoms with Gasteiger partial charge in [-0.25, -0.2) is 4.98 Å². The molecule has 0 amide bonds. The number of aromatic nitrogens is 3. The van der Waals surface area contributed by atoms with Crippen molar-refractivity contribution < 1.29 is 5.11 Å². The zero-order valence-electron chi connectivity index (χ0n) is 6.11. The van der Waals surface area contributed by atoms with Crippen molar-refractivity contribution in [3.8, 4) is 0 Å². The second-order valence-corrected chi connectivity index (χ2v) is 2.02. The van der Waals surface area contributed by atoms with Gasteiger partial charge in [0.05, 0.1) is 6.54 Å². The van der Waals surface area contributed by atoms with Gasteiger partial charge in [-0.2, -0.15) is 5.10 Å². The van der Waals surface area contributed by atoms with Crippen molar-refractivity contribution in [3.05, 3.63) is 11.6 Å². The lowest BCUT2D eigenvalue weighted by Crippen LogP contribution is -1.99. The number of halogens is 1. The van der Waals surface area contributed by atoms with E-state index >= 15 is 0 Å². The average Bonchev–Trinajstić information content (AvgIpc) is 2.34. The van der Waals surface area contributed by atoms with E-state index in [0.29, 0.717) is 18.2 Å². The molecule has 1 heterocycles. The molecular weight excluding hydrogens is 168 g/mol. The Kier molecular flexibility index (Phi) is 4.02. The fraction of sp³-hybridized carbons (Fsp3) is 0.600. The van der Waals surface area contributed by atoms with Crippen LogP contribution in [0.1, 0.15) is 24.7 Å². The first-order chi connectivity index (χ1) is 4.74. The normalized spacial score (nSPS) is 12.3. The number of nitrogens with two attached hydrogens (primary N) is 1. The smallest absolute Gasteiger partial charge is 0.178 e. The van der Waals surface area contributed by atoms with Crippen molar-refractivity contribution in [1.29, 1.82) is 0 Å². The summed E-state index contributed by atoms with van der Waals surface area (Å²) in [6, 6.07) is 0. The minimum absolute atomic E-state index is 0. The molecule has 0 radical (unpaired) electrons. The van der Waals surface area contributed by atoms with Crippen LogP contribution in [0.25, 0.3) is 0 Å². The van der Waals surface area contributed by atoms with Crippen LogP contribution in [0.4, 0.5) is 0 Å². The highest BCUT2D eigenvalue weighted by atomic mass is 35.5. The Morgan fingerprint density at radius 2 is 2.36 bits per heavy atom. The van der Waals surface area contributed by atoms with Crippen molar-refractivity contribution in [2.24, 2.45) is 5.73 Å². The quantitative estimate of drug-likeness (QED) is 0.582. The van der Waals surface area contributed by atoms with E-state index in [-0.39, 0.29) is 12.4 Å². The number of aliphatic hydroxyl groups excluding tert-OH is 1. The van der Waals surface area contributed by atoms with Crippen LogP contribution in [0.2, 0.25) is 0 Å². The van der Waals surface area contributed by atoms with Gasteiger partial charge in [0.1, 0.15) is 11.9 Å². The third-order valence-corrected chi connectivity index (χ3v) is 1.12. The molecule has 0 aliphatic rings. The minimum atomic E-state index is -0.628. The van der Waals surface area contributed by atoms with Gasteiger partial charge in [0.25, 0.3) is 0 Å². The molecule has 6 heteroatoms. The average molecular weight is 179 g/mol. The van der Waals surface area contributed by atoms with Crippen molar-refractivity contribution in [3.63, 3.8) is 0 Å². The first kappa shape index (κ1) is 10.3. The van der Waals surface area contributed by atoms with E-state index in [1.54, 1.807) is 6.92 Å². The Bertz CT molecular complexity index is 212. The van der Waals surface area contributed by atoms with E-state index in [2.05, 4.69) is 15.2 Å². The largest absolute Gasteiger partial charge is 0.385 e. The van der Waals surface area contributed by atoms with Crippen LogP contribution in [0.5, 0.6) is 0 Å². The summed E-state index contributed by atoms with van der Waals surface area (Å²) in [6.07, 6.45) is -0.628. The fourth-order valence-corrected chi connectivity index (χ4v) is 0.588. The van der Waals surface area contributed by atoms with Crippen LogP contribution < -0.4 is 5.73 Å². The molecule has 11 heavy (non-hydrogen) atoms. The van der Waals surface area contributed by atoms with Crippen LogP contribution in [-0.2, 0) is 6.54 Å². The van der Waals surface area contributed by atoms with Gasteiger partial charge in [0.15, 0.2) is 5.82 Å². The molecule has 1 atom stereocenters. The summed E-state index contributed by atoms with van der Waals surface area (Å²) in [6.45, 7) is 1.92. The number of nitrogens with zero attached hydrogens (tertiary/aromatic N) is 2. The van der Waals surface area contributed by atoms with E-state index in [0.717, 1.165) is 0 Å². The van der Waals surface area contributed by atoms with Crippen LogP contribution in [0, 0.1) is 0 Å². The predicted octanol–water partition coefficient (Wildman–Crippen LogP) is -0.262. The minimum Gasteiger partial charge on any atom is -0.385 e. The summed E-state index contributed by atoms with van der Waals surface area (Å²) >= 11 is 0. The summed E-state index contributed by atoms with van der Waals surface area (Å²) in [4.78, 5) is 3.89. The maximum atomic E-state index is 8.95. The SMILES string of the molecule is C[C@@H](O)c1n[nH]c(CN)n1.Cl. The van der Waals surface area contributed by atoms with Crippen LogP contribution in [0.3, 0.4) is 0 Å². The Balaban J connectivity index is 0.000001000. The molecule has 0 unspecified atom stereocenters. The summed E-state index contributed by atoms with van der Waals surface area (Å²) in [5.41, 5.74) is 5.25. The van der Waals surface area contributed by atoms with E-state index < -0.39 is 6.10 Å². The van der Waals surface area contributed by atoms with Crippen molar-refractivity contribution in [2.75, 3.05) is 0 Å². The monoisotopic (exact) mass is 178 g/mol. The lowest BCUT2D eigenvalue weighted by atomic mass is 10.4. The number of hydrogen-bond acceptors (Lipinski definition) is 4. The maximum absolute atomic E-state index is 8.95. The molecule has 0 aliphatic heterocycles. The zero-order valence-corrected chi connectivity index (χ0v) is 6.93. The topological polar surface area (TPSA) is 87.8 Å². The number of aromatic amines is 1. The van der Waals surface area contributed by atoms with E-state index in [4.69, 9.17) is 10.8 Å². The molecule has 0 aromatic carbocycles. The van der Waals surface area contributed by atoms with Gasteiger partial charge in [-0.1, -0.05) is 0 Å². The molecule has 0 saturated heterocycles.